The zero-order chi connectivity index (χ0) is 15.0. The number of allylic oxidation sites excluding steroid dienone is 4. The monoisotopic (exact) mass is 303 g/mol. The summed E-state index contributed by atoms with van der Waals surface area (Å²) in [4.78, 5) is 23.8. The average molecular weight is 304 g/mol. The minimum absolute atomic E-state index is 0.0389. The minimum atomic E-state index is -0.419. The fourth-order valence-electron chi connectivity index (χ4n) is 2.51. The fourth-order valence-corrected chi connectivity index (χ4v) is 2.64. The van der Waals surface area contributed by atoms with E-state index in [2.05, 4.69) is 5.10 Å². The Morgan fingerprint density at radius 1 is 1.10 bits per heavy atom. The van der Waals surface area contributed by atoms with Gasteiger partial charge in [-0.05, 0) is 17.7 Å². The van der Waals surface area contributed by atoms with Crippen LogP contribution in [-0.4, -0.2) is 14.3 Å². The number of nitrogens with one attached hydrogen (secondary N) is 1. The molecule has 1 heterocycles. The predicted octanol–water partition coefficient (Wildman–Crippen LogP) is 1.98. The summed E-state index contributed by atoms with van der Waals surface area (Å²) in [5.74, 6) is -0.0389. The van der Waals surface area contributed by atoms with E-state index >= 15 is 0 Å². The van der Waals surface area contributed by atoms with Gasteiger partial charge >= 0.3 is 11.4 Å². The molecule has 0 aliphatic heterocycles. The highest BCUT2D eigenvalue weighted by atomic mass is 35.5. The molecule has 1 N–H and O–H groups in total. The highest BCUT2D eigenvalue weighted by Gasteiger charge is 2.25. The largest absolute Gasteiger partial charge is 0.347 e. The van der Waals surface area contributed by atoms with Gasteiger partial charge in [0.15, 0.2) is 0 Å². The van der Waals surface area contributed by atoms with Crippen LogP contribution >= 0.6 is 11.6 Å². The first kappa shape index (κ1) is 13.7. The maximum Gasteiger partial charge on any atom is 0.347 e. The Bertz CT molecular complexity index is 824. The van der Waals surface area contributed by atoms with Crippen LogP contribution in [0.25, 0.3) is 0 Å². The number of benzene rings is 1. The van der Waals surface area contributed by atoms with Crippen molar-refractivity contribution in [2.75, 3.05) is 0 Å². The Hall–Kier alpha value is -2.27. The number of aromatic amines is 1. The molecule has 0 radical (unpaired) electrons. The minimum Gasteiger partial charge on any atom is -0.246 e. The summed E-state index contributed by atoms with van der Waals surface area (Å²) >= 11 is 5.92. The molecule has 1 aliphatic rings. The quantitative estimate of drug-likeness (QED) is 0.922. The van der Waals surface area contributed by atoms with E-state index in [0.29, 0.717) is 5.02 Å². The molecule has 0 unspecified atom stereocenters. The van der Waals surface area contributed by atoms with Crippen LogP contribution in [0.5, 0.6) is 0 Å². The summed E-state index contributed by atoms with van der Waals surface area (Å²) in [5, 5.41) is 3.26. The van der Waals surface area contributed by atoms with Crippen molar-refractivity contribution in [3.8, 4) is 0 Å². The zero-order valence-electron chi connectivity index (χ0n) is 11.4. The Morgan fingerprint density at radius 2 is 1.76 bits per heavy atom. The van der Waals surface area contributed by atoms with Crippen LogP contribution in [0.4, 0.5) is 0 Å². The molecule has 1 aromatic carbocycles. The molecule has 2 aromatic rings. The van der Waals surface area contributed by atoms with Gasteiger partial charge in [0.2, 0.25) is 0 Å². The second-order valence-corrected chi connectivity index (χ2v) is 5.40. The average Bonchev–Trinajstić information content (AvgIpc) is 2.76. The van der Waals surface area contributed by atoms with Crippen molar-refractivity contribution < 1.29 is 0 Å². The van der Waals surface area contributed by atoms with Gasteiger partial charge in [0.25, 0.3) is 0 Å². The van der Waals surface area contributed by atoms with Crippen LogP contribution in [0.15, 0.2) is 58.2 Å². The van der Waals surface area contributed by atoms with E-state index in [0.717, 1.165) is 10.1 Å². The van der Waals surface area contributed by atoms with Crippen molar-refractivity contribution in [2.24, 2.45) is 7.05 Å². The van der Waals surface area contributed by atoms with Gasteiger partial charge in [-0.15, -0.1) is 0 Å². The number of aromatic nitrogens is 3. The van der Waals surface area contributed by atoms with Gasteiger partial charge < -0.3 is 0 Å². The standard InChI is InChI=1S/C15H14ClN3O2/c1-18-14(20)17-19(15(18)21)13-5-3-2-4-12(13)10-6-8-11(16)9-7-10/h2-9,12-13H,1H3,(H,17,20)/t12-,13+/m1/s1. The highest BCUT2D eigenvalue weighted by Crippen LogP contribution is 2.32. The molecule has 3 rings (SSSR count). The molecule has 5 nitrogen and oxygen atoms in total. The van der Waals surface area contributed by atoms with Crippen LogP contribution in [0.3, 0.4) is 0 Å². The van der Waals surface area contributed by atoms with E-state index in [1.165, 1.54) is 11.7 Å². The number of nitrogens with zero attached hydrogens (tertiary/aromatic N) is 2. The first-order valence-electron chi connectivity index (χ1n) is 6.56. The molecule has 0 saturated heterocycles. The van der Waals surface area contributed by atoms with Crippen LogP contribution in [0, 0.1) is 0 Å². The summed E-state index contributed by atoms with van der Waals surface area (Å²) in [6.45, 7) is 0. The molecule has 1 aliphatic carbocycles. The molecule has 0 bridgehead atoms. The lowest BCUT2D eigenvalue weighted by molar-refractivity contribution is 0.472. The summed E-state index contributed by atoms with van der Waals surface area (Å²) in [6.07, 6.45) is 7.71. The third-order valence-electron chi connectivity index (χ3n) is 3.67. The van der Waals surface area contributed by atoms with Crippen molar-refractivity contribution >= 4 is 11.6 Å². The Morgan fingerprint density at radius 3 is 2.38 bits per heavy atom. The van der Waals surface area contributed by atoms with Crippen molar-refractivity contribution in [3.05, 3.63) is 80.1 Å². The van der Waals surface area contributed by atoms with Gasteiger partial charge in [0.05, 0.1) is 6.04 Å². The topological polar surface area (TPSA) is 59.8 Å². The van der Waals surface area contributed by atoms with Gasteiger partial charge in [-0.1, -0.05) is 48.0 Å². The van der Waals surface area contributed by atoms with Crippen LogP contribution < -0.4 is 11.4 Å². The SMILES string of the molecule is Cn1c(=O)[nH]n([C@H]2C=CC=C[C@@H]2c2ccc(Cl)cc2)c1=O. The molecule has 1 aromatic heterocycles. The Balaban J connectivity index is 2.07. The van der Waals surface area contributed by atoms with E-state index < -0.39 is 5.69 Å². The second-order valence-electron chi connectivity index (χ2n) is 4.97. The molecule has 21 heavy (non-hydrogen) atoms. The lowest BCUT2D eigenvalue weighted by Gasteiger charge is -2.24. The van der Waals surface area contributed by atoms with E-state index in [1.54, 1.807) is 0 Å². The fraction of sp³-hybridized carbons (Fsp3) is 0.200. The van der Waals surface area contributed by atoms with E-state index in [4.69, 9.17) is 11.6 Å². The summed E-state index contributed by atoms with van der Waals surface area (Å²) < 4.78 is 2.42. The lowest BCUT2D eigenvalue weighted by atomic mass is 9.88. The Kier molecular flexibility index (Phi) is 3.43. The van der Waals surface area contributed by atoms with Crippen molar-refractivity contribution in [1.29, 1.82) is 0 Å². The molecule has 108 valence electrons. The van der Waals surface area contributed by atoms with Crippen LogP contribution in [-0.2, 0) is 7.05 Å². The first-order valence-corrected chi connectivity index (χ1v) is 6.94. The van der Waals surface area contributed by atoms with Crippen LogP contribution in [0.1, 0.15) is 17.5 Å². The van der Waals surface area contributed by atoms with E-state index in [-0.39, 0.29) is 17.6 Å². The summed E-state index contributed by atoms with van der Waals surface area (Å²) in [5.41, 5.74) is 0.253. The van der Waals surface area contributed by atoms with Gasteiger partial charge in [-0.3, -0.25) is 0 Å². The van der Waals surface area contributed by atoms with Crippen molar-refractivity contribution in [3.63, 3.8) is 0 Å². The van der Waals surface area contributed by atoms with Gasteiger partial charge in [-0.25, -0.2) is 23.9 Å². The number of halogens is 1. The molecule has 0 amide bonds. The lowest BCUT2D eigenvalue weighted by Crippen LogP contribution is -2.30. The molecular weight excluding hydrogens is 290 g/mol. The van der Waals surface area contributed by atoms with Gasteiger partial charge in [0.1, 0.15) is 0 Å². The molecular formula is C15H14ClN3O2. The number of hydrogen-bond donors (Lipinski definition) is 1. The Labute approximate surface area is 125 Å². The molecule has 0 spiro atoms. The number of H-pyrrole nitrogens is 1. The molecule has 0 saturated carbocycles. The van der Waals surface area contributed by atoms with E-state index in [9.17, 15) is 9.59 Å². The smallest absolute Gasteiger partial charge is 0.246 e. The number of rotatable bonds is 2. The van der Waals surface area contributed by atoms with Gasteiger partial charge in [-0.2, -0.15) is 0 Å². The maximum atomic E-state index is 12.1. The second kappa shape index (κ2) is 5.26. The third-order valence-corrected chi connectivity index (χ3v) is 3.92. The number of hydrogen-bond acceptors (Lipinski definition) is 2. The van der Waals surface area contributed by atoms with Crippen molar-refractivity contribution in [1.82, 2.24) is 14.3 Å². The highest BCUT2D eigenvalue weighted by molar-refractivity contribution is 6.30. The zero-order valence-corrected chi connectivity index (χ0v) is 12.1. The van der Waals surface area contributed by atoms with Crippen molar-refractivity contribution in [2.45, 2.75) is 12.0 Å². The molecule has 2 atom stereocenters. The summed E-state index contributed by atoms with van der Waals surface area (Å²) in [7, 11) is 1.46. The van der Waals surface area contributed by atoms with Crippen LogP contribution in [0.2, 0.25) is 5.02 Å². The first-order chi connectivity index (χ1) is 10.1. The molecule has 6 heteroatoms. The summed E-state index contributed by atoms with van der Waals surface area (Å²) in [6, 6.07) is 7.22. The normalized spacial score (nSPS) is 20.9. The maximum absolute atomic E-state index is 12.1. The molecule has 0 fully saturated rings. The van der Waals surface area contributed by atoms with E-state index in [1.807, 2.05) is 48.6 Å². The van der Waals surface area contributed by atoms with Gasteiger partial charge in [0, 0.05) is 18.0 Å². The predicted molar refractivity (Wildman–Crippen MR) is 81.8 cm³/mol. The third kappa shape index (κ3) is 2.40.